The van der Waals surface area contributed by atoms with Crippen molar-refractivity contribution < 1.29 is 0 Å². The lowest BCUT2D eigenvalue weighted by molar-refractivity contribution is 1.04. The van der Waals surface area contributed by atoms with Gasteiger partial charge in [0.1, 0.15) is 17.2 Å². The molecule has 0 saturated heterocycles. The molecule has 17 heavy (non-hydrogen) atoms. The second-order valence-corrected chi connectivity index (χ2v) is 4.67. The Bertz CT molecular complexity index is 506. The van der Waals surface area contributed by atoms with E-state index in [0.717, 1.165) is 21.4 Å². The summed E-state index contributed by atoms with van der Waals surface area (Å²) < 4.78 is 0. The fourth-order valence-corrected chi connectivity index (χ4v) is 2.42. The van der Waals surface area contributed by atoms with Crippen LogP contribution in [0.4, 0.5) is 5.82 Å². The van der Waals surface area contributed by atoms with E-state index in [0.29, 0.717) is 5.82 Å². The molecule has 0 spiro atoms. The van der Waals surface area contributed by atoms with Crippen molar-refractivity contribution in [3.63, 3.8) is 0 Å². The van der Waals surface area contributed by atoms with Gasteiger partial charge in [0, 0.05) is 16.8 Å². The zero-order valence-electron chi connectivity index (χ0n) is 8.93. The van der Waals surface area contributed by atoms with Gasteiger partial charge in [-0.2, -0.15) is 0 Å². The minimum absolute atomic E-state index is 0.599. The van der Waals surface area contributed by atoms with Crippen LogP contribution in [0.2, 0.25) is 5.02 Å². The fraction of sp³-hybridized carbons (Fsp3) is 0.0909. The summed E-state index contributed by atoms with van der Waals surface area (Å²) in [4.78, 5) is 8.09. The fourth-order valence-electron chi connectivity index (χ4n) is 1.26. The predicted octanol–water partition coefficient (Wildman–Crippen LogP) is 2.71. The maximum absolute atomic E-state index is 6.07. The van der Waals surface area contributed by atoms with Gasteiger partial charge < -0.3 is 5.43 Å². The molecule has 0 aliphatic rings. The number of nitrogens with zero attached hydrogens (tertiary/aromatic N) is 2. The van der Waals surface area contributed by atoms with Gasteiger partial charge in [0.15, 0.2) is 0 Å². The highest BCUT2D eigenvalue weighted by atomic mass is 35.5. The van der Waals surface area contributed by atoms with Crippen LogP contribution in [-0.2, 0) is 5.75 Å². The number of hydrogen-bond donors (Lipinski definition) is 2. The smallest absolute Gasteiger partial charge is 0.144 e. The molecule has 4 nitrogen and oxygen atoms in total. The van der Waals surface area contributed by atoms with E-state index in [2.05, 4.69) is 15.4 Å². The van der Waals surface area contributed by atoms with Crippen molar-refractivity contribution in [1.29, 1.82) is 0 Å². The predicted molar refractivity (Wildman–Crippen MR) is 70.9 cm³/mol. The molecule has 0 radical (unpaired) electrons. The Labute approximate surface area is 109 Å². The van der Waals surface area contributed by atoms with Gasteiger partial charge in [-0.05, 0) is 11.6 Å². The highest BCUT2D eigenvalue weighted by Gasteiger charge is 2.02. The summed E-state index contributed by atoms with van der Waals surface area (Å²) >= 11 is 7.66. The summed E-state index contributed by atoms with van der Waals surface area (Å²) in [5.41, 5.74) is 3.57. The Balaban J connectivity index is 2.05. The molecule has 2 aromatic rings. The van der Waals surface area contributed by atoms with Crippen molar-refractivity contribution in [3.05, 3.63) is 47.2 Å². The van der Waals surface area contributed by atoms with Crippen LogP contribution in [-0.4, -0.2) is 9.97 Å². The highest BCUT2D eigenvalue weighted by molar-refractivity contribution is 7.98. The molecule has 3 N–H and O–H groups in total. The quantitative estimate of drug-likeness (QED) is 0.386. The summed E-state index contributed by atoms with van der Waals surface area (Å²) in [6.07, 6.45) is 1.48. The van der Waals surface area contributed by atoms with Crippen molar-refractivity contribution in [2.24, 2.45) is 5.84 Å². The van der Waals surface area contributed by atoms with Gasteiger partial charge >= 0.3 is 0 Å². The number of benzene rings is 1. The largest absolute Gasteiger partial charge is 0.308 e. The summed E-state index contributed by atoms with van der Waals surface area (Å²) in [6, 6.07) is 9.55. The lowest BCUT2D eigenvalue weighted by atomic mass is 10.2. The van der Waals surface area contributed by atoms with Gasteiger partial charge in [0.25, 0.3) is 0 Å². The van der Waals surface area contributed by atoms with Crippen LogP contribution in [0.25, 0.3) is 0 Å². The first kappa shape index (κ1) is 12.2. The molecular formula is C11H11ClN4S. The number of aromatic nitrogens is 2. The second kappa shape index (κ2) is 5.86. The van der Waals surface area contributed by atoms with E-state index in [4.69, 9.17) is 17.4 Å². The van der Waals surface area contributed by atoms with E-state index >= 15 is 0 Å². The number of halogens is 1. The molecule has 0 atom stereocenters. The molecule has 1 aromatic carbocycles. The summed E-state index contributed by atoms with van der Waals surface area (Å²) in [7, 11) is 0. The van der Waals surface area contributed by atoms with Crippen LogP contribution in [0, 0.1) is 0 Å². The van der Waals surface area contributed by atoms with Crippen LogP contribution < -0.4 is 11.3 Å². The summed E-state index contributed by atoms with van der Waals surface area (Å²) in [6.45, 7) is 0. The minimum Gasteiger partial charge on any atom is -0.308 e. The van der Waals surface area contributed by atoms with Gasteiger partial charge in [-0.15, -0.1) is 11.8 Å². The van der Waals surface area contributed by atoms with Gasteiger partial charge in [0.05, 0.1) is 0 Å². The number of hydrazine groups is 1. The van der Waals surface area contributed by atoms with E-state index in [1.54, 1.807) is 17.8 Å². The summed E-state index contributed by atoms with van der Waals surface area (Å²) in [5, 5.41) is 1.62. The zero-order valence-corrected chi connectivity index (χ0v) is 10.5. The number of nitrogens with two attached hydrogens (primary N) is 1. The Morgan fingerprint density at radius 3 is 2.88 bits per heavy atom. The molecular weight excluding hydrogens is 256 g/mol. The average molecular weight is 267 g/mol. The van der Waals surface area contributed by atoms with Crippen LogP contribution in [0.3, 0.4) is 0 Å². The van der Waals surface area contributed by atoms with Gasteiger partial charge in [0.2, 0.25) is 0 Å². The number of hydrogen-bond acceptors (Lipinski definition) is 5. The van der Waals surface area contributed by atoms with Crippen molar-refractivity contribution in [1.82, 2.24) is 9.97 Å². The van der Waals surface area contributed by atoms with E-state index < -0.39 is 0 Å². The standard InChI is InChI=1S/C11H11ClN4S/c12-9-4-2-1-3-8(9)6-17-11-5-10(16-13)14-7-15-11/h1-5,7H,6,13H2,(H,14,15,16). The first-order valence-corrected chi connectivity index (χ1v) is 6.31. The van der Waals surface area contributed by atoms with Gasteiger partial charge in [-0.25, -0.2) is 15.8 Å². The number of anilines is 1. The Morgan fingerprint density at radius 1 is 1.29 bits per heavy atom. The second-order valence-electron chi connectivity index (χ2n) is 3.27. The van der Waals surface area contributed by atoms with Crippen molar-refractivity contribution >= 4 is 29.2 Å². The highest BCUT2D eigenvalue weighted by Crippen LogP contribution is 2.25. The normalized spacial score (nSPS) is 10.2. The first-order chi connectivity index (χ1) is 8.29. The van der Waals surface area contributed by atoms with Gasteiger partial charge in [-0.1, -0.05) is 29.8 Å². The van der Waals surface area contributed by atoms with E-state index in [1.165, 1.54) is 6.33 Å². The first-order valence-electron chi connectivity index (χ1n) is 4.94. The maximum atomic E-state index is 6.07. The summed E-state index contributed by atoms with van der Waals surface area (Å²) in [5.74, 6) is 6.64. The molecule has 88 valence electrons. The number of nitrogen functional groups attached to an aromatic ring is 1. The minimum atomic E-state index is 0.599. The molecule has 1 heterocycles. The van der Waals surface area contributed by atoms with Crippen LogP contribution in [0.15, 0.2) is 41.7 Å². The van der Waals surface area contributed by atoms with E-state index in [-0.39, 0.29) is 0 Å². The van der Waals surface area contributed by atoms with E-state index in [9.17, 15) is 0 Å². The van der Waals surface area contributed by atoms with Crippen molar-refractivity contribution in [2.75, 3.05) is 5.43 Å². The third kappa shape index (κ3) is 3.33. The average Bonchev–Trinajstić information content (AvgIpc) is 2.38. The molecule has 0 amide bonds. The molecule has 0 fully saturated rings. The van der Waals surface area contributed by atoms with E-state index in [1.807, 2.05) is 24.3 Å². The van der Waals surface area contributed by atoms with Crippen molar-refractivity contribution in [3.8, 4) is 0 Å². The van der Waals surface area contributed by atoms with Crippen LogP contribution in [0.1, 0.15) is 5.56 Å². The molecule has 1 aromatic heterocycles. The molecule has 0 aliphatic heterocycles. The molecule has 0 saturated carbocycles. The van der Waals surface area contributed by atoms with Crippen molar-refractivity contribution in [2.45, 2.75) is 10.8 Å². The molecule has 0 bridgehead atoms. The Hall–Kier alpha value is -1.30. The topological polar surface area (TPSA) is 63.8 Å². The molecule has 6 heteroatoms. The third-order valence-electron chi connectivity index (χ3n) is 2.12. The zero-order chi connectivity index (χ0) is 12.1. The number of thioether (sulfide) groups is 1. The number of rotatable bonds is 4. The van der Waals surface area contributed by atoms with Crippen LogP contribution >= 0.6 is 23.4 Å². The molecule has 0 unspecified atom stereocenters. The van der Waals surface area contributed by atoms with Gasteiger partial charge in [-0.3, -0.25) is 0 Å². The maximum Gasteiger partial charge on any atom is 0.144 e. The lowest BCUT2D eigenvalue weighted by Gasteiger charge is -2.04. The Morgan fingerprint density at radius 2 is 2.12 bits per heavy atom. The molecule has 2 rings (SSSR count). The van der Waals surface area contributed by atoms with Crippen LogP contribution in [0.5, 0.6) is 0 Å². The Kier molecular flexibility index (Phi) is 4.19. The number of nitrogens with one attached hydrogen (secondary N) is 1. The lowest BCUT2D eigenvalue weighted by Crippen LogP contribution is -2.08. The monoisotopic (exact) mass is 266 g/mol. The third-order valence-corrected chi connectivity index (χ3v) is 3.47. The SMILES string of the molecule is NNc1cc(SCc2ccccc2Cl)ncn1. The molecule has 0 aliphatic carbocycles.